The number of hydrogen-bond donors (Lipinski definition) is 1. The monoisotopic (exact) mass is 445 g/mol. The van der Waals surface area contributed by atoms with Gasteiger partial charge in [-0.15, -0.1) is 0 Å². The molecule has 0 aliphatic heterocycles. The Morgan fingerprint density at radius 2 is 1.42 bits per heavy atom. The van der Waals surface area contributed by atoms with Gasteiger partial charge in [0, 0.05) is 17.3 Å². The van der Waals surface area contributed by atoms with Crippen molar-refractivity contribution in [1.29, 1.82) is 0 Å². The molecule has 0 atom stereocenters. The minimum atomic E-state index is -0.230. The average molecular weight is 446 g/mol. The number of nitrogens with one attached hydrogen (secondary N) is 1. The van der Waals surface area contributed by atoms with Crippen molar-refractivity contribution in [3.8, 4) is 23.0 Å². The van der Waals surface area contributed by atoms with Crippen LogP contribution in [0.5, 0.6) is 23.0 Å². The summed E-state index contributed by atoms with van der Waals surface area (Å²) in [5.41, 5.74) is 3.23. The van der Waals surface area contributed by atoms with Gasteiger partial charge in [0.25, 0.3) is 0 Å². The molecule has 0 radical (unpaired) electrons. The molecule has 0 aliphatic carbocycles. The first kappa shape index (κ1) is 23.5. The quantitative estimate of drug-likeness (QED) is 0.346. The number of rotatable bonds is 9. The van der Waals surface area contributed by atoms with E-state index >= 15 is 0 Å². The summed E-state index contributed by atoms with van der Waals surface area (Å²) < 4.78 is 21.6. The second kappa shape index (κ2) is 11.4. The Labute approximate surface area is 194 Å². The largest absolute Gasteiger partial charge is 0.497 e. The number of carbonyl (C=O) groups excluding carboxylic acids is 1. The highest BCUT2D eigenvalue weighted by molar-refractivity contribution is 6.03. The number of ether oxygens (including phenoxy) is 4. The Morgan fingerprint density at radius 1 is 0.727 bits per heavy atom. The van der Waals surface area contributed by atoms with Gasteiger partial charge in [0.1, 0.15) is 5.75 Å². The smallest absolute Gasteiger partial charge is 0.248 e. The molecule has 1 N–H and O–H groups in total. The zero-order valence-corrected chi connectivity index (χ0v) is 19.1. The van der Waals surface area contributed by atoms with Gasteiger partial charge in [-0.1, -0.05) is 42.5 Å². The molecule has 0 fully saturated rings. The van der Waals surface area contributed by atoms with Gasteiger partial charge >= 0.3 is 0 Å². The van der Waals surface area contributed by atoms with Crippen LogP contribution in [0.15, 0.2) is 66.7 Å². The van der Waals surface area contributed by atoms with E-state index in [-0.39, 0.29) is 5.91 Å². The van der Waals surface area contributed by atoms with Crippen LogP contribution in [-0.4, -0.2) is 34.3 Å². The number of amides is 1. The summed E-state index contributed by atoms with van der Waals surface area (Å²) in [5, 5.41) is 2.93. The third-order valence-electron chi connectivity index (χ3n) is 4.89. The van der Waals surface area contributed by atoms with E-state index in [9.17, 15) is 4.79 Å². The Morgan fingerprint density at radius 3 is 2.03 bits per heavy atom. The number of carbonyl (C=O) groups is 1. The predicted octanol–water partition coefficient (Wildman–Crippen LogP) is 5.54. The normalized spacial score (nSPS) is 10.9. The summed E-state index contributed by atoms with van der Waals surface area (Å²) in [6.45, 7) is 0. The Bertz CT molecular complexity index is 1130. The SMILES string of the molecule is COc1ccc(NC(=O)/C=C/c2ccccc2)c(C=Cc2cc(OC)c(OC)c(OC)c2)c1. The van der Waals surface area contributed by atoms with Gasteiger partial charge in [0.2, 0.25) is 11.7 Å². The highest BCUT2D eigenvalue weighted by Crippen LogP contribution is 2.38. The first-order valence-electron chi connectivity index (χ1n) is 10.3. The van der Waals surface area contributed by atoms with Crippen molar-refractivity contribution < 1.29 is 23.7 Å². The highest BCUT2D eigenvalue weighted by Gasteiger charge is 2.12. The fraction of sp³-hybridized carbons (Fsp3) is 0.148. The number of methoxy groups -OCH3 is 4. The number of benzene rings is 3. The van der Waals surface area contributed by atoms with Gasteiger partial charge in [-0.3, -0.25) is 4.79 Å². The zero-order valence-electron chi connectivity index (χ0n) is 19.1. The molecular formula is C27H27NO5. The maximum atomic E-state index is 12.5. The van der Waals surface area contributed by atoms with Gasteiger partial charge in [0.15, 0.2) is 11.5 Å². The molecule has 33 heavy (non-hydrogen) atoms. The van der Waals surface area contributed by atoms with Crippen molar-refractivity contribution in [3.63, 3.8) is 0 Å². The molecule has 0 bridgehead atoms. The van der Waals surface area contributed by atoms with Gasteiger partial charge in [-0.25, -0.2) is 0 Å². The maximum absolute atomic E-state index is 12.5. The molecule has 170 valence electrons. The lowest BCUT2D eigenvalue weighted by Gasteiger charge is -2.13. The van der Waals surface area contributed by atoms with E-state index in [2.05, 4.69) is 5.32 Å². The van der Waals surface area contributed by atoms with Gasteiger partial charge in [-0.2, -0.15) is 0 Å². The van der Waals surface area contributed by atoms with Crippen molar-refractivity contribution in [2.24, 2.45) is 0 Å². The fourth-order valence-electron chi connectivity index (χ4n) is 3.21. The molecule has 0 saturated carbocycles. The van der Waals surface area contributed by atoms with E-state index in [0.717, 1.165) is 16.7 Å². The molecule has 0 heterocycles. The van der Waals surface area contributed by atoms with Crippen LogP contribution in [-0.2, 0) is 4.79 Å². The molecule has 3 aromatic rings. The molecule has 0 aliphatic rings. The van der Waals surface area contributed by atoms with Crippen LogP contribution in [0.3, 0.4) is 0 Å². The summed E-state index contributed by atoms with van der Waals surface area (Å²) in [4.78, 5) is 12.5. The van der Waals surface area contributed by atoms with Crippen LogP contribution >= 0.6 is 0 Å². The van der Waals surface area contributed by atoms with Crippen LogP contribution < -0.4 is 24.3 Å². The zero-order chi connectivity index (χ0) is 23.6. The summed E-state index contributed by atoms with van der Waals surface area (Å²) >= 11 is 0. The molecular weight excluding hydrogens is 418 g/mol. The lowest BCUT2D eigenvalue weighted by molar-refractivity contribution is -0.111. The van der Waals surface area contributed by atoms with Gasteiger partial charge in [0.05, 0.1) is 28.4 Å². The van der Waals surface area contributed by atoms with Crippen LogP contribution in [0.2, 0.25) is 0 Å². The molecule has 1 amide bonds. The van der Waals surface area contributed by atoms with Crippen LogP contribution in [0.4, 0.5) is 5.69 Å². The average Bonchev–Trinajstić information content (AvgIpc) is 2.86. The lowest BCUT2D eigenvalue weighted by atomic mass is 10.1. The van der Waals surface area contributed by atoms with Crippen molar-refractivity contribution in [2.45, 2.75) is 0 Å². The predicted molar refractivity (Wildman–Crippen MR) is 132 cm³/mol. The van der Waals surface area contributed by atoms with Crippen LogP contribution in [0.25, 0.3) is 18.2 Å². The van der Waals surface area contributed by atoms with E-state index in [0.29, 0.717) is 28.7 Å². The standard InChI is InChI=1S/C27H27NO5/c1-30-22-13-14-23(28-26(29)15-11-19-8-6-5-7-9-19)21(18-22)12-10-20-16-24(31-2)27(33-4)25(17-20)32-3/h5-18H,1-4H3,(H,28,29)/b12-10?,15-11+. The second-order valence-corrected chi connectivity index (χ2v) is 6.98. The minimum Gasteiger partial charge on any atom is -0.497 e. The first-order valence-corrected chi connectivity index (χ1v) is 10.3. The number of hydrogen-bond acceptors (Lipinski definition) is 5. The molecule has 0 unspecified atom stereocenters. The van der Waals surface area contributed by atoms with Crippen molar-refractivity contribution in [3.05, 3.63) is 83.4 Å². The summed E-state index contributed by atoms with van der Waals surface area (Å²) in [5.74, 6) is 2.09. The highest BCUT2D eigenvalue weighted by atomic mass is 16.5. The summed E-state index contributed by atoms with van der Waals surface area (Å²) in [7, 11) is 6.31. The third-order valence-corrected chi connectivity index (χ3v) is 4.89. The maximum Gasteiger partial charge on any atom is 0.248 e. The van der Waals surface area contributed by atoms with Crippen LogP contribution in [0.1, 0.15) is 16.7 Å². The van der Waals surface area contributed by atoms with Crippen molar-refractivity contribution in [2.75, 3.05) is 33.8 Å². The van der Waals surface area contributed by atoms with E-state index < -0.39 is 0 Å². The van der Waals surface area contributed by atoms with Crippen LogP contribution in [0, 0.1) is 0 Å². The lowest BCUT2D eigenvalue weighted by Crippen LogP contribution is -2.09. The summed E-state index contributed by atoms with van der Waals surface area (Å²) in [6, 6.07) is 18.8. The first-order chi connectivity index (χ1) is 16.1. The van der Waals surface area contributed by atoms with E-state index in [1.165, 1.54) is 6.08 Å². The molecule has 0 spiro atoms. The molecule has 0 aromatic heterocycles. The van der Waals surface area contributed by atoms with E-state index in [1.54, 1.807) is 40.6 Å². The van der Waals surface area contributed by atoms with Crippen molar-refractivity contribution in [1.82, 2.24) is 0 Å². The van der Waals surface area contributed by atoms with Crippen molar-refractivity contribution >= 4 is 29.8 Å². The summed E-state index contributed by atoms with van der Waals surface area (Å²) in [6.07, 6.45) is 7.06. The minimum absolute atomic E-state index is 0.230. The van der Waals surface area contributed by atoms with E-state index in [4.69, 9.17) is 18.9 Å². The molecule has 3 aromatic carbocycles. The second-order valence-electron chi connectivity index (χ2n) is 6.98. The Kier molecular flexibility index (Phi) is 8.13. The fourth-order valence-corrected chi connectivity index (χ4v) is 3.21. The van der Waals surface area contributed by atoms with Gasteiger partial charge < -0.3 is 24.3 Å². The molecule has 6 nitrogen and oxygen atoms in total. The number of anilines is 1. The molecule has 0 saturated heterocycles. The molecule has 6 heteroatoms. The Balaban J connectivity index is 1.87. The topological polar surface area (TPSA) is 66.0 Å². The van der Waals surface area contributed by atoms with Gasteiger partial charge in [-0.05, 0) is 47.5 Å². The van der Waals surface area contributed by atoms with E-state index in [1.807, 2.05) is 66.7 Å². The Hall–Kier alpha value is -4.19. The molecule has 3 rings (SSSR count). The third kappa shape index (κ3) is 6.17.